The summed E-state index contributed by atoms with van der Waals surface area (Å²) in [6.07, 6.45) is 59.6. The van der Waals surface area contributed by atoms with E-state index >= 15 is 0 Å². The molecule has 0 aromatic rings. The predicted octanol–water partition coefficient (Wildman–Crippen LogP) is 14.8. The summed E-state index contributed by atoms with van der Waals surface area (Å²) in [6, 6.07) is 0.440. The molecule has 1 N–H and O–H groups in total. The highest BCUT2D eigenvalue weighted by Gasteiger charge is 2.36. The summed E-state index contributed by atoms with van der Waals surface area (Å²) in [5.41, 5.74) is 14.8. The van der Waals surface area contributed by atoms with Crippen molar-refractivity contribution < 1.29 is 0 Å². The van der Waals surface area contributed by atoms with Gasteiger partial charge in [-0.3, -0.25) is 0 Å². The molecule has 0 bridgehead atoms. The van der Waals surface area contributed by atoms with Crippen LogP contribution in [0.3, 0.4) is 0 Å². The van der Waals surface area contributed by atoms with Crippen molar-refractivity contribution in [1.82, 2.24) is 5.32 Å². The first-order valence-electron chi connectivity index (χ1n) is 23.0. The smallest absolute Gasteiger partial charge is 0.0287 e. The molecule has 294 valence electrons. The summed E-state index contributed by atoms with van der Waals surface area (Å²) in [5.74, 6) is 3.90. The van der Waals surface area contributed by atoms with Crippen LogP contribution in [0, 0.1) is 35.5 Å². The van der Waals surface area contributed by atoms with Crippen molar-refractivity contribution in [3.8, 4) is 0 Å². The average Bonchev–Trinajstić information content (AvgIpc) is 3.43. The van der Waals surface area contributed by atoms with Gasteiger partial charge in [-0.15, -0.1) is 0 Å². The second kappa shape index (κ2) is 19.8. The van der Waals surface area contributed by atoms with E-state index in [1.165, 1.54) is 102 Å². The van der Waals surface area contributed by atoms with Gasteiger partial charge in [-0.05, 0) is 174 Å². The number of unbranched alkanes of at least 4 members (excludes halogenated alkanes) is 2. The number of nitrogens with one attached hydrogen (secondary N) is 1. The first-order valence-corrected chi connectivity index (χ1v) is 23.0. The quantitative estimate of drug-likeness (QED) is 0.138. The van der Waals surface area contributed by atoms with Crippen molar-refractivity contribution in [2.75, 3.05) is 6.54 Å². The van der Waals surface area contributed by atoms with Crippen LogP contribution in [-0.4, -0.2) is 12.6 Å². The molecule has 7 aliphatic rings. The molecule has 0 saturated heterocycles. The lowest BCUT2D eigenvalue weighted by Crippen LogP contribution is -2.34. The van der Waals surface area contributed by atoms with E-state index in [0.29, 0.717) is 35.6 Å². The summed E-state index contributed by atoms with van der Waals surface area (Å²) >= 11 is 0. The van der Waals surface area contributed by atoms with Crippen LogP contribution in [0.4, 0.5) is 0 Å². The molecule has 0 radical (unpaired) electrons. The van der Waals surface area contributed by atoms with E-state index in [-0.39, 0.29) is 0 Å². The molecule has 0 amide bonds. The molecule has 0 spiro atoms. The predicted molar refractivity (Wildman–Crippen MR) is 239 cm³/mol. The Morgan fingerprint density at radius 3 is 2.58 bits per heavy atom. The van der Waals surface area contributed by atoms with Crippen molar-refractivity contribution in [2.24, 2.45) is 35.5 Å². The minimum Gasteiger partial charge on any atom is -0.310 e. The average molecular weight is 736 g/mol. The number of hydrogen-bond donors (Lipinski definition) is 1. The van der Waals surface area contributed by atoms with Crippen molar-refractivity contribution in [2.45, 2.75) is 149 Å². The minimum atomic E-state index is 0.440. The number of hydrogen-bond acceptors (Lipinski definition) is 1. The molecule has 0 fully saturated rings. The molecule has 0 heterocycles. The van der Waals surface area contributed by atoms with E-state index in [2.05, 4.69) is 124 Å². The molecule has 0 aliphatic heterocycles. The van der Waals surface area contributed by atoms with Crippen LogP contribution in [0.2, 0.25) is 0 Å². The van der Waals surface area contributed by atoms with Crippen LogP contribution in [0.5, 0.6) is 0 Å². The normalized spacial score (nSPS) is 30.4. The fourth-order valence-electron chi connectivity index (χ4n) is 11.4. The maximum atomic E-state index is 4.02. The summed E-state index contributed by atoms with van der Waals surface area (Å²) in [5, 5.41) is 4.02. The van der Waals surface area contributed by atoms with Crippen LogP contribution in [0.1, 0.15) is 143 Å². The molecule has 0 saturated carbocycles. The van der Waals surface area contributed by atoms with E-state index in [9.17, 15) is 0 Å². The lowest BCUT2D eigenvalue weighted by Gasteiger charge is -2.40. The van der Waals surface area contributed by atoms with E-state index < -0.39 is 0 Å². The highest BCUT2D eigenvalue weighted by Crippen LogP contribution is 2.49. The highest BCUT2D eigenvalue weighted by atomic mass is 14.9. The molecular formula is C54H73N. The molecule has 0 aromatic heterocycles. The lowest BCUT2D eigenvalue weighted by atomic mass is 9.65. The first-order chi connectivity index (χ1) is 27.0. The zero-order valence-corrected chi connectivity index (χ0v) is 35.1. The van der Waals surface area contributed by atoms with E-state index in [1.54, 1.807) is 44.6 Å². The van der Waals surface area contributed by atoms with Crippen LogP contribution in [-0.2, 0) is 0 Å². The molecule has 7 atom stereocenters. The zero-order chi connectivity index (χ0) is 38.0. The molecular weight excluding hydrogens is 663 g/mol. The van der Waals surface area contributed by atoms with Crippen molar-refractivity contribution in [3.05, 3.63) is 141 Å². The van der Waals surface area contributed by atoms with E-state index in [4.69, 9.17) is 0 Å². The largest absolute Gasteiger partial charge is 0.310 e. The van der Waals surface area contributed by atoms with Gasteiger partial charge in [-0.2, -0.15) is 0 Å². The van der Waals surface area contributed by atoms with Gasteiger partial charge in [-0.25, -0.2) is 0 Å². The Morgan fingerprint density at radius 1 is 0.855 bits per heavy atom. The van der Waals surface area contributed by atoms with Crippen molar-refractivity contribution in [1.29, 1.82) is 0 Å². The minimum absolute atomic E-state index is 0.440. The summed E-state index contributed by atoms with van der Waals surface area (Å²) in [6.45, 7) is 10.6. The Hall–Kier alpha value is -3.16. The molecule has 1 heteroatoms. The van der Waals surface area contributed by atoms with E-state index in [0.717, 1.165) is 31.7 Å². The third-order valence-corrected chi connectivity index (χ3v) is 14.4. The summed E-state index contributed by atoms with van der Waals surface area (Å²) in [7, 11) is 0. The highest BCUT2D eigenvalue weighted by molar-refractivity contribution is 5.51. The number of fused-ring (bicyclic) bond motifs is 1. The fourth-order valence-corrected chi connectivity index (χ4v) is 11.4. The first kappa shape index (κ1) is 40.1. The third kappa shape index (κ3) is 9.87. The molecule has 7 aliphatic carbocycles. The van der Waals surface area contributed by atoms with Gasteiger partial charge in [0.1, 0.15) is 0 Å². The Balaban J connectivity index is 1.11. The van der Waals surface area contributed by atoms with Gasteiger partial charge in [0.25, 0.3) is 0 Å². The van der Waals surface area contributed by atoms with Gasteiger partial charge in [0.15, 0.2) is 0 Å². The summed E-state index contributed by atoms with van der Waals surface area (Å²) < 4.78 is 0. The van der Waals surface area contributed by atoms with Gasteiger partial charge < -0.3 is 5.32 Å². The number of rotatable bonds is 14. The van der Waals surface area contributed by atoms with Crippen LogP contribution < -0.4 is 5.32 Å². The van der Waals surface area contributed by atoms with Crippen molar-refractivity contribution >= 4 is 0 Å². The van der Waals surface area contributed by atoms with Gasteiger partial charge in [-0.1, -0.05) is 140 Å². The topological polar surface area (TPSA) is 12.0 Å². The summed E-state index contributed by atoms with van der Waals surface area (Å²) in [4.78, 5) is 0. The van der Waals surface area contributed by atoms with Crippen LogP contribution >= 0.6 is 0 Å². The van der Waals surface area contributed by atoms with Gasteiger partial charge in [0, 0.05) is 18.5 Å². The molecule has 7 rings (SSSR count). The lowest BCUT2D eigenvalue weighted by molar-refractivity contribution is 0.344. The van der Waals surface area contributed by atoms with Gasteiger partial charge >= 0.3 is 0 Å². The zero-order valence-electron chi connectivity index (χ0n) is 35.1. The molecule has 1 nitrogen and oxygen atoms in total. The Bertz CT molecular complexity index is 1730. The maximum absolute atomic E-state index is 4.02. The van der Waals surface area contributed by atoms with Gasteiger partial charge in [0.05, 0.1) is 0 Å². The monoisotopic (exact) mass is 736 g/mol. The van der Waals surface area contributed by atoms with Gasteiger partial charge in [0.2, 0.25) is 0 Å². The second-order valence-electron chi connectivity index (χ2n) is 18.1. The van der Waals surface area contributed by atoms with Crippen LogP contribution in [0.15, 0.2) is 141 Å². The second-order valence-corrected chi connectivity index (χ2v) is 18.1. The third-order valence-electron chi connectivity index (χ3n) is 14.4. The van der Waals surface area contributed by atoms with E-state index in [1.807, 2.05) is 0 Å². The fraction of sp³-hybridized carbons (Fsp3) is 0.556. The Morgan fingerprint density at radius 2 is 1.76 bits per heavy atom. The number of allylic oxidation sites excluding steroid dienone is 21. The molecule has 7 unspecified atom stereocenters. The van der Waals surface area contributed by atoms with Crippen molar-refractivity contribution in [3.63, 3.8) is 0 Å². The Kier molecular flexibility index (Phi) is 14.4. The molecule has 55 heavy (non-hydrogen) atoms. The maximum Gasteiger partial charge on any atom is 0.0287 e. The van der Waals surface area contributed by atoms with Crippen LogP contribution in [0.25, 0.3) is 0 Å². The Labute approximate surface area is 336 Å². The standard InChI is InChI=1S/C54H73N/c1-5-7-10-19-41(6-2)43-30-31-44(37-39(3)36-43)49-33-32-47(51-24-15-16-26-53(49)51)40(4)28-29-45(38-55-46-22-13-9-14-23-46)50-35-34-48(42-20-11-8-12-21-42)52-25-17-18-27-54(50)52/h9,11,13-14,16,18-20,22,26-28,30,35-36,42,44-48,51,55H,5-8,10,12,15,17,21,23-25,29,31-34,37-38H2,1-4H3/b40-28+,41-19+. The molecule has 0 aromatic carbocycles. The SMILES string of the molecule is CCCC/C=C(\CC)C1=CCC(C2=C3C=CCCC3C(/C(C)=C/CC(CNC3C=CC=CC3)C3=CCC(C4C=CCCC4)C4=C3C=CCC4)CC2)CC(C)=C1.